The lowest BCUT2D eigenvalue weighted by Crippen LogP contribution is -2.37. The second kappa shape index (κ2) is 8.91. The number of carbonyl (C=O) groups excluding carboxylic acids is 1. The van der Waals surface area contributed by atoms with Crippen molar-refractivity contribution >= 4 is 28.6 Å². The predicted octanol–water partition coefficient (Wildman–Crippen LogP) is 4.69. The van der Waals surface area contributed by atoms with Gasteiger partial charge in [0.15, 0.2) is 0 Å². The van der Waals surface area contributed by atoms with Gasteiger partial charge in [-0.2, -0.15) is 0 Å². The van der Waals surface area contributed by atoms with Crippen LogP contribution in [-0.2, 0) is 11.3 Å². The van der Waals surface area contributed by atoms with Crippen LogP contribution in [-0.4, -0.2) is 48.8 Å². The maximum absolute atomic E-state index is 11.9. The van der Waals surface area contributed by atoms with Gasteiger partial charge in [0, 0.05) is 43.6 Å². The Labute approximate surface area is 164 Å². The van der Waals surface area contributed by atoms with Crippen LogP contribution in [0.3, 0.4) is 0 Å². The standard InChI is InChI=1S/C20H23ClN2O2S/c1-22(2)20(24)26-18-5-3-4-15(12-18)13-23-10-11-25-19(14-23)16-6-8-17(21)9-7-16/h3-9,12,19H,10-11,13-14H2,1-2H3. The average molecular weight is 391 g/mol. The van der Waals surface area contributed by atoms with E-state index in [9.17, 15) is 4.79 Å². The van der Waals surface area contributed by atoms with Gasteiger partial charge in [0.25, 0.3) is 5.24 Å². The van der Waals surface area contributed by atoms with Crippen molar-refractivity contribution in [3.05, 3.63) is 64.7 Å². The van der Waals surface area contributed by atoms with Crippen molar-refractivity contribution in [3.8, 4) is 0 Å². The van der Waals surface area contributed by atoms with Gasteiger partial charge in [0.1, 0.15) is 0 Å². The minimum atomic E-state index is 0.0383. The first-order valence-corrected chi connectivity index (χ1v) is 9.78. The maximum atomic E-state index is 11.9. The Hall–Kier alpha value is -1.53. The normalized spacial score (nSPS) is 17.9. The summed E-state index contributed by atoms with van der Waals surface area (Å²) in [6, 6.07) is 16.1. The molecule has 2 aromatic carbocycles. The third-order valence-corrected chi connectivity index (χ3v) is 5.55. The molecule has 138 valence electrons. The Kier molecular flexibility index (Phi) is 6.59. The number of thioether (sulfide) groups is 1. The number of nitrogens with zero attached hydrogens (tertiary/aromatic N) is 2. The minimum absolute atomic E-state index is 0.0383. The van der Waals surface area contributed by atoms with Crippen LogP contribution in [0.1, 0.15) is 17.2 Å². The molecule has 1 atom stereocenters. The number of amides is 1. The van der Waals surface area contributed by atoms with Gasteiger partial charge in [-0.15, -0.1) is 0 Å². The first kappa shape index (κ1) is 19.2. The van der Waals surface area contributed by atoms with E-state index in [4.69, 9.17) is 16.3 Å². The summed E-state index contributed by atoms with van der Waals surface area (Å²) < 4.78 is 5.94. The fourth-order valence-corrected chi connectivity index (χ4v) is 3.75. The Bertz CT molecular complexity index is 752. The SMILES string of the molecule is CN(C)C(=O)Sc1cccc(CN2CCOC(c3ccc(Cl)cc3)C2)c1. The number of benzene rings is 2. The summed E-state index contributed by atoms with van der Waals surface area (Å²) in [6.07, 6.45) is 0.0638. The summed E-state index contributed by atoms with van der Waals surface area (Å²) in [6.45, 7) is 3.30. The zero-order valence-electron chi connectivity index (χ0n) is 15.0. The molecule has 0 spiro atoms. The van der Waals surface area contributed by atoms with E-state index in [0.717, 1.165) is 35.1 Å². The second-order valence-corrected chi connectivity index (χ2v) is 8.02. The van der Waals surface area contributed by atoms with Crippen molar-refractivity contribution in [1.29, 1.82) is 0 Å². The molecule has 0 saturated carbocycles. The van der Waals surface area contributed by atoms with Crippen LogP contribution >= 0.6 is 23.4 Å². The lowest BCUT2D eigenvalue weighted by molar-refractivity contribution is -0.0329. The van der Waals surface area contributed by atoms with Gasteiger partial charge in [0.05, 0.1) is 12.7 Å². The van der Waals surface area contributed by atoms with Gasteiger partial charge < -0.3 is 9.64 Å². The number of hydrogen-bond donors (Lipinski definition) is 0. The van der Waals surface area contributed by atoms with E-state index in [1.54, 1.807) is 19.0 Å². The third-order valence-electron chi connectivity index (χ3n) is 4.27. The van der Waals surface area contributed by atoms with Crippen LogP contribution in [0.15, 0.2) is 53.4 Å². The van der Waals surface area contributed by atoms with Gasteiger partial charge in [-0.05, 0) is 47.2 Å². The molecule has 26 heavy (non-hydrogen) atoms. The molecule has 3 rings (SSSR count). The molecule has 1 heterocycles. The molecule has 0 aliphatic carbocycles. The lowest BCUT2D eigenvalue weighted by atomic mass is 10.1. The second-order valence-electron chi connectivity index (χ2n) is 6.56. The first-order valence-electron chi connectivity index (χ1n) is 8.59. The Morgan fingerprint density at radius 2 is 2.04 bits per heavy atom. The highest BCUT2D eigenvalue weighted by Crippen LogP contribution is 2.26. The molecule has 0 N–H and O–H groups in total. The average Bonchev–Trinajstić information content (AvgIpc) is 2.63. The quantitative estimate of drug-likeness (QED) is 0.709. The van der Waals surface area contributed by atoms with E-state index in [2.05, 4.69) is 17.0 Å². The van der Waals surface area contributed by atoms with Gasteiger partial charge in [-0.1, -0.05) is 35.9 Å². The topological polar surface area (TPSA) is 32.8 Å². The van der Waals surface area contributed by atoms with Crippen molar-refractivity contribution in [2.24, 2.45) is 0 Å². The molecule has 2 aromatic rings. The smallest absolute Gasteiger partial charge is 0.285 e. The van der Waals surface area contributed by atoms with Crippen LogP contribution in [0.4, 0.5) is 4.79 Å². The third kappa shape index (κ3) is 5.24. The summed E-state index contributed by atoms with van der Waals surface area (Å²) >= 11 is 7.23. The molecular weight excluding hydrogens is 368 g/mol. The number of rotatable bonds is 4. The van der Waals surface area contributed by atoms with E-state index in [1.165, 1.54) is 17.3 Å². The molecule has 1 unspecified atom stereocenters. The highest BCUT2D eigenvalue weighted by Gasteiger charge is 2.22. The lowest BCUT2D eigenvalue weighted by Gasteiger charge is -2.33. The molecule has 1 saturated heterocycles. The minimum Gasteiger partial charge on any atom is -0.371 e. The van der Waals surface area contributed by atoms with E-state index < -0.39 is 0 Å². The van der Waals surface area contributed by atoms with E-state index in [1.807, 2.05) is 36.4 Å². The molecule has 1 aliphatic heterocycles. The highest BCUT2D eigenvalue weighted by molar-refractivity contribution is 8.13. The molecule has 0 aromatic heterocycles. The zero-order valence-corrected chi connectivity index (χ0v) is 16.6. The van der Waals surface area contributed by atoms with Crippen LogP contribution in [0.2, 0.25) is 5.02 Å². The molecule has 1 aliphatic rings. The highest BCUT2D eigenvalue weighted by atomic mass is 35.5. The van der Waals surface area contributed by atoms with Crippen LogP contribution in [0, 0.1) is 0 Å². The maximum Gasteiger partial charge on any atom is 0.285 e. The number of halogens is 1. The van der Waals surface area contributed by atoms with E-state index in [-0.39, 0.29) is 11.3 Å². The summed E-state index contributed by atoms with van der Waals surface area (Å²) in [5.74, 6) is 0. The zero-order chi connectivity index (χ0) is 18.5. The van der Waals surface area contributed by atoms with Crippen LogP contribution in [0.25, 0.3) is 0 Å². The van der Waals surface area contributed by atoms with Gasteiger partial charge >= 0.3 is 0 Å². The molecule has 1 amide bonds. The summed E-state index contributed by atoms with van der Waals surface area (Å²) in [7, 11) is 3.54. The molecule has 0 bridgehead atoms. The molecule has 4 nitrogen and oxygen atoms in total. The predicted molar refractivity (Wildman–Crippen MR) is 107 cm³/mol. The largest absolute Gasteiger partial charge is 0.371 e. The Morgan fingerprint density at radius 1 is 1.27 bits per heavy atom. The number of ether oxygens (including phenoxy) is 1. The fourth-order valence-electron chi connectivity index (χ4n) is 2.88. The van der Waals surface area contributed by atoms with Gasteiger partial charge in [-0.3, -0.25) is 9.69 Å². The van der Waals surface area contributed by atoms with Crippen molar-refractivity contribution in [2.45, 2.75) is 17.5 Å². The van der Waals surface area contributed by atoms with Crippen molar-refractivity contribution in [1.82, 2.24) is 9.80 Å². The first-order chi connectivity index (χ1) is 12.5. The van der Waals surface area contributed by atoms with Crippen molar-refractivity contribution < 1.29 is 9.53 Å². The fraction of sp³-hybridized carbons (Fsp3) is 0.350. The Balaban J connectivity index is 1.63. The van der Waals surface area contributed by atoms with Gasteiger partial charge in [-0.25, -0.2) is 0 Å². The number of hydrogen-bond acceptors (Lipinski definition) is 4. The summed E-state index contributed by atoms with van der Waals surface area (Å²) in [4.78, 5) is 16.8. The van der Waals surface area contributed by atoms with E-state index >= 15 is 0 Å². The summed E-state index contributed by atoms with van der Waals surface area (Å²) in [5.41, 5.74) is 2.36. The van der Waals surface area contributed by atoms with Crippen molar-refractivity contribution in [2.75, 3.05) is 33.8 Å². The number of carbonyl (C=O) groups is 1. The van der Waals surface area contributed by atoms with E-state index in [0.29, 0.717) is 6.61 Å². The Morgan fingerprint density at radius 3 is 2.77 bits per heavy atom. The molecule has 1 fully saturated rings. The molecule has 6 heteroatoms. The number of morpholine rings is 1. The monoisotopic (exact) mass is 390 g/mol. The van der Waals surface area contributed by atoms with Crippen molar-refractivity contribution in [3.63, 3.8) is 0 Å². The molecule has 0 radical (unpaired) electrons. The van der Waals surface area contributed by atoms with Crippen LogP contribution < -0.4 is 0 Å². The summed E-state index contributed by atoms with van der Waals surface area (Å²) in [5, 5.41) is 0.777. The van der Waals surface area contributed by atoms with Gasteiger partial charge in [0.2, 0.25) is 0 Å². The molecular formula is C20H23ClN2O2S. The van der Waals surface area contributed by atoms with Crippen LogP contribution in [0.5, 0.6) is 0 Å².